The van der Waals surface area contributed by atoms with Gasteiger partial charge in [-0.15, -0.1) is 0 Å². The van der Waals surface area contributed by atoms with E-state index in [1.165, 1.54) is 60.7 Å². The number of esters is 2. The minimum Gasteiger partial charge on any atom is -0.619 e. The Bertz CT molecular complexity index is 2240. The van der Waals surface area contributed by atoms with Crippen LogP contribution in [0.2, 0.25) is 15.1 Å². The molecule has 0 spiro atoms. The molecule has 3 aliphatic heterocycles. The number of rotatable bonds is 16. The third-order valence-corrected chi connectivity index (χ3v) is 12.7. The summed E-state index contributed by atoms with van der Waals surface area (Å²) in [4.78, 5) is 29.5. The van der Waals surface area contributed by atoms with Crippen molar-refractivity contribution in [3.05, 3.63) is 122 Å². The van der Waals surface area contributed by atoms with Gasteiger partial charge in [-0.25, -0.2) is 18.0 Å². The van der Waals surface area contributed by atoms with Gasteiger partial charge in [-0.3, -0.25) is 4.90 Å². The molecule has 2 bridgehead atoms. The molecule has 4 heterocycles. The van der Waals surface area contributed by atoms with Gasteiger partial charge in [-0.05, 0) is 104 Å². The van der Waals surface area contributed by atoms with Gasteiger partial charge in [0.25, 0.3) is 0 Å². The Morgan fingerprint density at radius 1 is 0.914 bits per heavy atom. The first-order chi connectivity index (χ1) is 27.7. The summed E-state index contributed by atoms with van der Waals surface area (Å²) in [6.07, 6.45) is 3.92. The molecule has 3 atom stereocenters. The summed E-state index contributed by atoms with van der Waals surface area (Å²) in [5, 5.41) is 12.3. The molecule has 4 aliphatic rings. The van der Waals surface area contributed by atoms with Gasteiger partial charge in [0.2, 0.25) is 10.0 Å². The highest BCUT2D eigenvalue weighted by molar-refractivity contribution is 7.89. The van der Waals surface area contributed by atoms with E-state index in [9.17, 15) is 32.0 Å². The van der Waals surface area contributed by atoms with E-state index in [4.69, 9.17) is 49.0 Å². The molecule has 0 radical (unpaired) electrons. The first kappa shape index (κ1) is 41.9. The summed E-state index contributed by atoms with van der Waals surface area (Å²) in [7, 11) is -4.50. The third-order valence-electron chi connectivity index (χ3n) is 10.4. The number of nitrogens with one attached hydrogen (secondary N) is 1. The first-order valence-corrected chi connectivity index (χ1v) is 21.1. The van der Waals surface area contributed by atoms with E-state index < -0.39 is 46.8 Å². The summed E-state index contributed by atoms with van der Waals surface area (Å²) in [5.41, 5.74) is 0.616. The quantitative estimate of drug-likeness (QED) is 0.0683. The molecule has 12 nitrogen and oxygen atoms in total. The lowest BCUT2D eigenvalue weighted by Crippen LogP contribution is -2.52. The van der Waals surface area contributed by atoms with Gasteiger partial charge in [-0.1, -0.05) is 59.1 Å². The highest BCUT2D eigenvalue weighted by Gasteiger charge is 2.39. The molecule has 1 N–H and O–H groups in total. The molecule has 4 fully saturated rings. The lowest BCUT2D eigenvalue weighted by atomic mass is 9.86. The normalized spacial score (nSPS) is 20.0. The molecule has 1 saturated carbocycles. The second-order valence-electron chi connectivity index (χ2n) is 14.5. The topological polar surface area (TPSA) is 147 Å². The van der Waals surface area contributed by atoms with Crippen molar-refractivity contribution in [2.45, 2.75) is 61.9 Å². The molecule has 18 heteroatoms. The summed E-state index contributed by atoms with van der Waals surface area (Å²) in [6.45, 7) is -0.499. The number of hydrogen-bond donors (Lipinski definition) is 1. The SMILES string of the molecule is O=C(O[C@@H](Cc1c(Cl)c[n+]([O-])cc1Cl)c1ccc(OC(F)F)c(OCC2CC2)c1)c1cccc(S(=O)(=O)NC(C(=O)O[C@H]2CN3CCC2CC3)c2ccc(Cl)cc2)c1. The minimum atomic E-state index is -4.50. The minimum absolute atomic E-state index is 0.0187. The van der Waals surface area contributed by atoms with Gasteiger partial charge in [0.05, 0.1) is 17.1 Å². The molecule has 1 aromatic heterocycles. The number of pyridine rings is 1. The number of aromatic nitrogens is 1. The molecule has 58 heavy (non-hydrogen) atoms. The third kappa shape index (κ3) is 10.3. The second-order valence-corrected chi connectivity index (χ2v) is 17.4. The van der Waals surface area contributed by atoms with Crippen LogP contribution in [0.25, 0.3) is 0 Å². The zero-order chi connectivity index (χ0) is 41.1. The maximum Gasteiger partial charge on any atom is 0.387 e. The summed E-state index contributed by atoms with van der Waals surface area (Å²) in [6, 6.07) is 13.7. The van der Waals surface area contributed by atoms with Gasteiger partial charge in [-0.2, -0.15) is 18.2 Å². The van der Waals surface area contributed by atoms with Gasteiger partial charge in [0.15, 0.2) is 23.9 Å². The Balaban J connectivity index is 1.16. The number of piperidine rings is 3. The van der Waals surface area contributed by atoms with Crippen molar-refractivity contribution in [2.75, 3.05) is 26.2 Å². The predicted molar refractivity (Wildman–Crippen MR) is 209 cm³/mol. The van der Waals surface area contributed by atoms with Crippen molar-refractivity contribution in [3.8, 4) is 11.5 Å². The van der Waals surface area contributed by atoms with E-state index in [0.717, 1.165) is 57.2 Å². The first-order valence-electron chi connectivity index (χ1n) is 18.5. The number of carbonyl (C=O) groups is 2. The van der Waals surface area contributed by atoms with E-state index in [1.54, 1.807) is 0 Å². The van der Waals surface area contributed by atoms with Gasteiger partial charge in [0, 0.05) is 23.6 Å². The molecule has 3 aromatic carbocycles. The molecular weight excluding hydrogens is 843 g/mol. The fraction of sp³-hybridized carbons (Fsp3) is 0.375. The summed E-state index contributed by atoms with van der Waals surface area (Å²) in [5.74, 6) is -1.58. The molecule has 8 rings (SSSR count). The molecule has 3 saturated heterocycles. The average molecular weight is 881 g/mol. The van der Waals surface area contributed by atoms with Crippen molar-refractivity contribution in [2.24, 2.45) is 11.8 Å². The van der Waals surface area contributed by atoms with Crippen LogP contribution in [-0.2, 0) is 30.7 Å². The lowest BCUT2D eigenvalue weighted by Gasteiger charge is -2.44. The smallest absolute Gasteiger partial charge is 0.387 e. The summed E-state index contributed by atoms with van der Waals surface area (Å²) >= 11 is 18.9. The van der Waals surface area contributed by atoms with Gasteiger partial charge < -0.3 is 24.2 Å². The van der Waals surface area contributed by atoms with E-state index in [-0.39, 0.29) is 68.0 Å². The molecule has 4 aromatic rings. The zero-order valence-electron chi connectivity index (χ0n) is 30.7. The van der Waals surface area contributed by atoms with Crippen molar-refractivity contribution < 1.29 is 50.5 Å². The molecule has 1 aliphatic carbocycles. The second kappa shape index (κ2) is 17.9. The number of sulfonamides is 1. The number of halogens is 5. The Hall–Kier alpha value is -4.25. The van der Waals surface area contributed by atoms with Crippen LogP contribution in [0.15, 0.2) is 84.0 Å². The van der Waals surface area contributed by atoms with Crippen LogP contribution in [0.4, 0.5) is 8.78 Å². The number of ether oxygens (including phenoxy) is 4. The van der Waals surface area contributed by atoms with Crippen molar-refractivity contribution >= 4 is 56.8 Å². The Labute approximate surface area is 348 Å². The maximum atomic E-state index is 14.0. The number of fused-ring (bicyclic) bond motifs is 3. The lowest BCUT2D eigenvalue weighted by molar-refractivity contribution is -0.605. The van der Waals surface area contributed by atoms with Crippen LogP contribution < -0.4 is 18.9 Å². The molecule has 1 unspecified atom stereocenters. The fourth-order valence-corrected chi connectivity index (χ4v) is 8.98. The number of benzene rings is 3. The van der Waals surface area contributed by atoms with E-state index in [1.807, 2.05) is 0 Å². The van der Waals surface area contributed by atoms with E-state index in [2.05, 4.69) is 14.4 Å². The standard InChI is InChI=1S/C40H38Cl3F2N3O9S/c41-28-9-6-25(7-10-28)37(39(50)56-36-21-47-14-12-24(36)13-15-47)46-58(52,53)29-3-1-2-27(16-29)38(49)55-34(18-30-31(42)19-48(51)20-32(30)43)26-8-11-33(57-40(44)45)35(17-26)54-22-23-4-5-23/h1-3,6-11,16-17,19-20,23-24,34,36-37,40,46H,4-5,12-15,18,21-22H2/t34-,36-,37?/m0/s1. The van der Waals surface area contributed by atoms with Gasteiger partial charge in [0.1, 0.15) is 28.3 Å². The Morgan fingerprint density at radius 3 is 2.24 bits per heavy atom. The van der Waals surface area contributed by atoms with Crippen molar-refractivity contribution in [1.29, 1.82) is 0 Å². The fourth-order valence-electron chi connectivity index (χ4n) is 7.04. The highest BCUT2D eigenvalue weighted by Crippen LogP contribution is 2.38. The van der Waals surface area contributed by atoms with Crippen molar-refractivity contribution in [3.63, 3.8) is 0 Å². The van der Waals surface area contributed by atoms with E-state index >= 15 is 0 Å². The number of alkyl halides is 2. The van der Waals surface area contributed by atoms with Crippen LogP contribution in [0, 0.1) is 17.0 Å². The molecule has 0 amide bonds. The Morgan fingerprint density at radius 2 is 1.60 bits per heavy atom. The Kier molecular flexibility index (Phi) is 13.0. The molecular formula is C40H38Cl3F2N3O9S. The monoisotopic (exact) mass is 879 g/mol. The van der Waals surface area contributed by atoms with Crippen LogP contribution in [0.5, 0.6) is 11.5 Å². The molecule has 308 valence electrons. The van der Waals surface area contributed by atoms with Crippen LogP contribution in [-0.4, -0.2) is 64.2 Å². The zero-order valence-corrected chi connectivity index (χ0v) is 33.8. The average Bonchev–Trinajstić information content (AvgIpc) is 4.03. The number of carbonyl (C=O) groups excluding carboxylic acids is 2. The van der Waals surface area contributed by atoms with Crippen molar-refractivity contribution in [1.82, 2.24) is 9.62 Å². The van der Waals surface area contributed by atoms with Crippen LogP contribution in [0.1, 0.15) is 64.9 Å². The van der Waals surface area contributed by atoms with E-state index in [0.29, 0.717) is 21.9 Å². The maximum absolute atomic E-state index is 14.0. The predicted octanol–water partition coefficient (Wildman–Crippen LogP) is 7.47. The van der Waals surface area contributed by atoms with Crippen LogP contribution >= 0.6 is 34.8 Å². The highest BCUT2D eigenvalue weighted by atomic mass is 35.5. The largest absolute Gasteiger partial charge is 0.619 e. The number of hydrogen-bond acceptors (Lipinski definition) is 10. The van der Waals surface area contributed by atoms with Gasteiger partial charge >= 0.3 is 18.6 Å². The number of nitrogens with zero attached hydrogens (tertiary/aromatic N) is 2. The van der Waals surface area contributed by atoms with Crippen LogP contribution in [0.3, 0.4) is 0 Å². The summed E-state index contributed by atoms with van der Waals surface area (Å²) < 4.78 is 79.9.